The van der Waals surface area contributed by atoms with E-state index in [1.54, 1.807) is 0 Å². The van der Waals surface area contributed by atoms with Crippen molar-refractivity contribution in [2.24, 2.45) is 5.92 Å². The van der Waals surface area contributed by atoms with Crippen LogP contribution >= 0.6 is 0 Å². The van der Waals surface area contributed by atoms with E-state index < -0.39 is 29.3 Å². The molecule has 126 valence electrons. The number of aliphatic carboxylic acids is 1. The third-order valence-corrected chi connectivity index (χ3v) is 3.89. The Labute approximate surface area is 131 Å². The van der Waals surface area contributed by atoms with Gasteiger partial charge >= 0.3 is 12.1 Å². The molecule has 1 aromatic rings. The average molecular weight is 330 g/mol. The van der Waals surface area contributed by atoms with E-state index in [0.717, 1.165) is 24.8 Å². The first-order valence-electron chi connectivity index (χ1n) is 7.32. The van der Waals surface area contributed by atoms with Gasteiger partial charge in [-0.25, -0.2) is 0 Å². The molecule has 0 bridgehead atoms. The Morgan fingerprint density at radius 2 is 2.13 bits per heavy atom. The molecule has 1 aliphatic rings. The Hall–Kier alpha value is -2.12. The van der Waals surface area contributed by atoms with Crippen LogP contribution in [0.3, 0.4) is 0 Å². The van der Waals surface area contributed by atoms with E-state index in [-0.39, 0.29) is 18.9 Å². The molecule has 1 saturated heterocycles. The highest BCUT2D eigenvalue weighted by atomic mass is 19.4. The van der Waals surface area contributed by atoms with Gasteiger partial charge in [0.15, 0.2) is 0 Å². The first-order chi connectivity index (χ1) is 10.8. The van der Waals surface area contributed by atoms with Gasteiger partial charge in [-0.2, -0.15) is 13.2 Å². The Morgan fingerprint density at radius 3 is 2.78 bits per heavy atom. The number of alkyl halides is 3. The molecule has 0 radical (unpaired) electrons. The molecular formula is C15H17F3N2O3. The maximum atomic E-state index is 13.0. The maximum absolute atomic E-state index is 13.0. The van der Waals surface area contributed by atoms with Gasteiger partial charge < -0.3 is 10.0 Å². The lowest BCUT2D eigenvalue weighted by molar-refractivity contribution is -0.139. The lowest BCUT2D eigenvalue weighted by Gasteiger charge is -2.32. The summed E-state index contributed by atoms with van der Waals surface area (Å²) in [7, 11) is 0. The highest BCUT2D eigenvalue weighted by Gasteiger charge is 2.37. The van der Waals surface area contributed by atoms with Crippen LogP contribution in [-0.2, 0) is 11.0 Å². The summed E-state index contributed by atoms with van der Waals surface area (Å²) < 4.78 is 39.0. The number of halogens is 3. The third-order valence-electron chi connectivity index (χ3n) is 3.89. The first-order valence-corrected chi connectivity index (χ1v) is 7.32. The molecule has 0 aliphatic carbocycles. The number of pyridine rings is 1. The molecule has 0 aromatic carbocycles. The topological polar surface area (TPSA) is 70.5 Å². The zero-order chi connectivity index (χ0) is 17.0. The van der Waals surface area contributed by atoms with Gasteiger partial charge in [0.2, 0.25) is 0 Å². The van der Waals surface area contributed by atoms with Gasteiger partial charge in [-0.15, -0.1) is 0 Å². The number of carboxylic acid groups (broad SMARTS) is 1. The number of nitrogens with zero attached hydrogens (tertiary/aromatic N) is 2. The molecule has 1 fully saturated rings. The SMILES string of the molecule is O=C(O)CC[C@H]1CCCN(C(=O)c2ncccc2C(F)(F)F)C1. The van der Waals surface area contributed by atoms with Gasteiger partial charge in [-0.3, -0.25) is 14.6 Å². The van der Waals surface area contributed by atoms with Gasteiger partial charge in [0.1, 0.15) is 5.69 Å². The van der Waals surface area contributed by atoms with E-state index in [1.807, 2.05) is 0 Å². The molecule has 0 unspecified atom stereocenters. The van der Waals surface area contributed by atoms with E-state index in [2.05, 4.69) is 4.98 Å². The molecule has 5 nitrogen and oxygen atoms in total. The van der Waals surface area contributed by atoms with Crippen LogP contribution in [-0.4, -0.2) is 40.0 Å². The molecule has 2 heterocycles. The highest BCUT2D eigenvalue weighted by Crippen LogP contribution is 2.32. The smallest absolute Gasteiger partial charge is 0.418 e. The predicted molar refractivity (Wildman–Crippen MR) is 74.7 cm³/mol. The number of carbonyl (C=O) groups excluding carboxylic acids is 1. The van der Waals surface area contributed by atoms with Crippen molar-refractivity contribution in [3.63, 3.8) is 0 Å². The quantitative estimate of drug-likeness (QED) is 0.921. The second-order valence-electron chi connectivity index (χ2n) is 5.59. The minimum Gasteiger partial charge on any atom is -0.481 e. The van der Waals surface area contributed by atoms with Crippen LogP contribution in [0.4, 0.5) is 13.2 Å². The monoisotopic (exact) mass is 330 g/mol. The van der Waals surface area contributed by atoms with Crippen molar-refractivity contribution in [2.75, 3.05) is 13.1 Å². The van der Waals surface area contributed by atoms with E-state index in [9.17, 15) is 22.8 Å². The highest BCUT2D eigenvalue weighted by molar-refractivity contribution is 5.94. The fourth-order valence-electron chi connectivity index (χ4n) is 2.77. The van der Waals surface area contributed by atoms with E-state index >= 15 is 0 Å². The van der Waals surface area contributed by atoms with E-state index in [0.29, 0.717) is 19.4 Å². The van der Waals surface area contributed by atoms with Crippen molar-refractivity contribution in [1.82, 2.24) is 9.88 Å². The van der Waals surface area contributed by atoms with Crippen molar-refractivity contribution in [1.29, 1.82) is 0 Å². The zero-order valence-electron chi connectivity index (χ0n) is 12.3. The zero-order valence-corrected chi connectivity index (χ0v) is 12.3. The van der Waals surface area contributed by atoms with Crippen LogP contribution in [0.15, 0.2) is 18.3 Å². The molecule has 1 aromatic heterocycles. The number of likely N-dealkylation sites (tertiary alicyclic amines) is 1. The van der Waals surface area contributed by atoms with Crippen molar-refractivity contribution < 1.29 is 27.9 Å². The summed E-state index contributed by atoms with van der Waals surface area (Å²) in [5.41, 5.74) is -1.64. The van der Waals surface area contributed by atoms with Gasteiger partial charge in [-0.1, -0.05) is 0 Å². The van der Waals surface area contributed by atoms with Gasteiger partial charge in [-0.05, 0) is 37.3 Å². The summed E-state index contributed by atoms with van der Waals surface area (Å²) >= 11 is 0. The van der Waals surface area contributed by atoms with Crippen LogP contribution < -0.4 is 0 Å². The minimum atomic E-state index is -4.64. The Bertz CT molecular complexity index is 590. The Kier molecular flexibility index (Phi) is 5.23. The normalized spacial score (nSPS) is 18.7. The second-order valence-corrected chi connectivity index (χ2v) is 5.59. The number of hydrogen-bond acceptors (Lipinski definition) is 3. The number of carboxylic acids is 1. The molecular weight excluding hydrogens is 313 g/mol. The number of piperidine rings is 1. The molecule has 1 atom stereocenters. The lowest BCUT2D eigenvalue weighted by Crippen LogP contribution is -2.41. The second kappa shape index (κ2) is 6.97. The van der Waals surface area contributed by atoms with Crippen LogP contribution in [0.25, 0.3) is 0 Å². The number of rotatable bonds is 4. The number of aromatic nitrogens is 1. The van der Waals surface area contributed by atoms with Crippen molar-refractivity contribution in [3.8, 4) is 0 Å². The number of amides is 1. The third kappa shape index (κ3) is 4.43. The largest absolute Gasteiger partial charge is 0.481 e. The lowest BCUT2D eigenvalue weighted by atomic mass is 9.93. The summed E-state index contributed by atoms with van der Waals surface area (Å²) in [5.74, 6) is -1.68. The van der Waals surface area contributed by atoms with Gasteiger partial charge in [0.25, 0.3) is 5.91 Å². The van der Waals surface area contributed by atoms with Crippen molar-refractivity contribution in [3.05, 3.63) is 29.6 Å². The molecule has 8 heteroatoms. The fourth-order valence-corrected chi connectivity index (χ4v) is 2.77. The Balaban J connectivity index is 2.13. The summed E-state index contributed by atoms with van der Waals surface area (Å²) in [5, 5.41) is 8.71. The maximum Gasteiger partial charge on any atom is 0.418 e. The summed E-state index contributed by atoms with van der Waals surface area (Å²) in [6.45, 7) is 0.621. The minimum absolute atomic E-state index is 0.00984. The van der Waals surface area contributed by atoms with Crippen LogP contribution in [0.2, 0.25) is 0 Å². The van der Waals surface area contributed by atoms with Gasteiger partial charge in [0, 0.05) is 25.7 Å². The number of hydrogen-bond donors (Lipinski definition) is 1. The first kappa shape index (κ1) is 17.2. The summed E-state index contributed by atoms with van der Waals surface area (Å²) in [6.07, 6.45) is -1.67. The molecule has 0 saturated carbocycles. The van der Waals surface area contributed by atoms with Crippen LogP contribution in [0.5, 0.6) is 0 Å². The molecule has 1 aliphatic heterocycles. The van der Waals surface area contributed by atoms with Gasteiger partial charge in [0.05, 0.1) is 5.56 Å². The van der Waals surface area contributed by atoms with Crippen LogP contribution in [0, 0.1) is 5.92 Å². The summed E-state index contributed by atoms with van der Waals surface area (Å²) in [6, 6.07) is 1.98. The predicted octanol–water partition coefficient (Wildman–Crippen LogP) is 2.82. The summed E-state index contributed by atoms with van der Waals surface area (Å²) in [4.78, 5) is 28.0. The number of carbonyl (C=O) groups is 2. The average Bonchev–Trinajstić information content (AvgIpc) is 2.51. The standard InChI is InChI=1S/C15H17F3N2O3/c16-15(17,18)11-4-1-7-19-13(11)14(23)20-8-2-3-10(9-20)5-6-12(21)22/h1,4,7,10H,2-3,5-6,8-9H2,(H,21,22)/t10-/m1/s1. The molecule has 23 heavy (non-hydrogen) atoms. The Morgan fingerprint density at radius 1 is 1.39 bits per heavy atom. The van der Waals surface area contributed by atoms with E-state index in [1.165, 1.54) is 4.90 Å². The van der Waals surface area contributed by atoms with Crippen molar-refractivity contribution >= 4 is 11.9 Å². The molecule has 2 rings (SSSR count). The fraction of sp³-hybridized carbons (Fsp3) is 0.533. The molecule has 0 spiro atoms. The van der Waals surface area contributed by atoms with Crippen molar-refractivity contribution in [2.45, 2.75) is 31.9 Å². The van der Waals surface area contributed by atoms with Crippen LogP contribution in [0.1, 0.15) is 41.7 Å². The molecule has 1 amide bonds. The molecule has 1 N–H and O–H groups in total. The van der Waals surface area contributed by atoms with E-state index in [4.69, 9.17) is 5.11 Å².